The fraction of sp³-hybridized carbons (Fsp3) is 0.300. The summed E-state index contributed by atoms with van der Waals surface area (Å²) < 4.78 is 34.2. The first-order valence-electron chi connectivity index (χ1n) is 13.4. The van der Waals surface area contributed by atoms with Crippen LogP contribution in [0.25, 0.3) is 0 Å². The number of nitrogens with zero attached hydrogens (tertiary/aromatic N) is 2. The van der Waals surface area contributed by atoms with E-state index in [1.807, 2.05) is 18.2 Å². The SMILES string of the molecule is O=C(CN(Cc1ccccc1)S(=O)(=O)c1ccc(Br)cc1)N/N=C/c1ccc(OCC(=O)NC2CCCCC2)cc1. The van der Waals surface area contributed by atoms with Gasteiger partial charge in [-0.25, -0.2) is 13.8 Å². The molecule has 0 aromatic heterocycles. The Bertz CT molecular complexity index is 1430. The van der Waals surface area contributed by atoms with E-state index in [0.29, 0.717) is 11.3 Å². The molecule has 0 atom stereocenters. The molecule has 1 aliphatic rings. The number of amides is 2. The van der Waals surface area contributed by atoms with Crippen molar-refractivity contribution in [1.29, 1.82) is 0 Å². The molecular weight excluding hydrogens is 608 g/mol. The molecule has 3 aromatic carbocycles. The Morgan fingerprint density at radius 1 is 0.927 bits per heavy atom. The fourth-order valence-corrected chi connectivity index (χ4v) is 6.11. The highest BCUT2D eigenvalue weighted by atomic mass is 79.9. The number of hydrogen-bond acceptors (Lipinski definition) is 6. The van der Waals surface area contributed by atoms with Crippen molar-refractivity contribution in [2.45, 2.75) is 49.6 Å². The Balaban J connectivity index is 1.31. The summed E-state index contributed by atoms with van der Waals surface area (Å²) in [5, 5.41) is 7.00. The van der Waals surface area contributed by atoms with Crippen molar-refractivity contribution in [1.82, 2.24) is 15.0 Å². The van der Waals surface area contributed by atoms with Crippen LogP contribution >= 0.6 is 15.9 Å². The predicted octanol–water partition coefficient (Wildman–Crippen LogP) is 4.62. The highest BCUT2D eigenvalue weighted by Gasteiger charge is 2.27. The van der Waals surface area contributed by atoms with Crippen molar-refractivity contribution >= 4 is 44.0 Å². The van der Waals surface area contributed by atoms with Gasteiger partial charge in [-0.2, -0.15) is 9.41 Å². The summed E-state index contributed by atoms with van der Waals surface area (Å²) in [5.41, 5.74) is 3.84. The van der Waals surface area contributed by atoms with E-state index in [2.05, 4.69) is 31.8 Å². The van der Waals surface area contributed by atoms with E-state index in [1.54, 1.807) is 48.5 Å². The second kappa shape index (κ2) is 14.9. The molecule has 3 aromatic rings. The molecule has 0 radical (unpaired) electrons. The monoisotopic (exact) mass is 640 g/mol. The molecule has 0 heterocycles. The van der Waals surface area contributed by atoms with Gasteiger partial charge in [0.05, 0.1) is 17.7 Å². The quantitative estimate of drug-likeness (QED) is 0.221. The van der Waals surface area contributed by atoms with E-state index in [0.717, 1.165) is 40.0 Å². The van der Waals surface area contributed by atoms with Gasteiger partial charge in [0.15, 0.2) is 6.61 Å². The minimum atomic E-state index is -3.96. The maximum absolute atomic E-state index is 13.4. The third-order valence-corrected chi connectivity index (χ3v) is 8.93. The zero-order chi connectivity index (χ0) is 29.1. The zero-order valence-electron chi connectivity index (χ0n) is 22.5. The molecule has 2 N–H and O–H groups in total. The molecule has 4 rings (SSSR count). The second-order valence-corrected chi connectivity index (χ2v) is 12.6. The maximum atomic E-state index is 13.4. The number of benzene rings is 3. The van der Waals surface area contributed by atoms with Crippen molar-refractivity contribution in [3.8, 4) is 5.75 Å². The second-order valence-electron chi connectivity index (χ2n) is 9.77. The molecular formula is C30H33BrN4O5S. The van der Waals surface area contributed by atoms with Crippen LogP contribution in [0, 0.1) is 0 Å². The summed E-state index contributed by atoms with van der Waals surface area (Å²) >= 11 is 3.31. The van der Waals surface area contributed by atoms with Gasteiger partial charge in [-0.15, -0.1) is 0 Å². The Kier molecular flexibility index (Phi) is 11.1. The number of rotatable bonds is 12. The van der Waals surface area contributed by atoms with Gasteiger partial charge in [0.1, 0.15) is 5.75 Å². The van der Waals surface area contributed by atoms with Gasteiger partial charge in [0, 0.05) is 17.1 Å². The van der Waals surface area contributed by atoms with Crippen LogP contribution in [0.2, 0.25) is 0 Å². The molecule has 0 saturated heterocycles. The number of sulfonamides is 1. The van der Waals surface area contributed by atoms with E-state index in [4.69, 9.17) is 4.74 Å². The molecule has 1 aliphatic carbocycles. The maximum Gasteiger partial charge on any atom is 0.258 e. The summed E-state index contributed by atoms with van der Waals surface area (Å²) in [6, 6.07) is 22.5. The van der Waals surface area contributed by atoms with Gasteiger partial charge in [-0.1, -0.05) is 65.5 Å². The van der Waals surface area contributed by atoms with Crippen molar-refractivity contribution in [2.24, 2.45) is 5.10 Å². The first kappa shape index (κ1) is 30.4. The van der Waals surface area contributed by atoms with E-state index in [-0.39, 0.29) is 30.0 Å². The first-order valence-corrected chi connectivity index (χ1v) is 15.7. The lowest BCUT2D eigenvalue weighted by Gasteiger charge is -2.22. The average Bonchev–Trinajstić information content (AvgIpc) is 2.98. The molecule has 0 unspecified atom stereocenters. The highest BCUT2D eigenvalue weighted by molar-refractivity contribution is 9.10. The number of halogens is 1. The number of hydrogen-bond donors (Lipinski definition) is 2. The molecule has 0 aliphatic heterocycles. The van der Waals surface area contributed by atoms with Gasteiger partial charge in [0.2, 0.25) is 10.0 Å². The van der Waals surface area contributed by atoms with Gasteiger partial charge >= 0.3 is 0 Å². The molecule has 1 saturated carbocycles. The number of ether oxygens (including phenoxy) is 1. The van der Waals surface area contributed by atoms with E-state index in [9.17, 15) is 18.0 Å². The van der Waals surface area contributed by atoms with Crippen LogP contribution in [0.15, 0.2) is 93.3 Å². The normalized spacial score (nSPS) is 14.2. The lowest BCUT2D eigenvalue weighted by Crippen LogP contribution is -2.39. The van der Waals surface area contributed by atoms with Crippen LogP contribution in [0.1, 0.15) is 43.2 Å². The summed E-state index contributed by atoms with van der Waals surface area (Å²) in [6.45, 7) is -0.445. The number of nitrogens with one attached hydrogen (secondary N) is 2. The fourth-order valence-electron chi connectivity index (χ4n) is 4.46. The first-order chi connectivity index (χ1) is 19.8. The van der Waals surface area contributed by atoms with Crippen molar-refractivity contribution in [3.63, 3.8) is 0 Å². The largest absolute Gasteiger partial charge is 0.484 e. The molecule has 1 fully saturated rings. The Morgan fingerprint density at radius 3 is 2.29 bits per heavy atom. The molecule has 216 valence electrons. The molecule has 11 heteroatoms. The Morgan fingerprint density at radius 2 is 1.61 bits per heavy atom. The topological polar surface area (TPSA) is 117 Å². The minimum absolute atomic E-state index is 0.0243. The number of hydrazone groups is 1. The van der Waals surface area contributed by atoms with Gasteiger partial charge in [0.25, 0.3) is 11.8 Å². The summed E-state index contributed by atoms with van der Waals surface area (Å²) in [6.07, 6.45) is 7.00. The van der Waals surface area contributed by atoms with Crippen LogP contribution in [0.3, 0.4) is 0 Å². The van der Waals surface area contributed by atoms with Gasteiger partial charge < -0.3 is 10.1 Å². The Hall–Kier alpha value is -3.54. The lowest BCUT2D eigenvalue weighted by atomic mass is 9.95. The van der Waals surface area contributed by atoms with Gasteiger partial charge in [-0.3, -0.25) is 9.59 Å². The molecule has 0 spiro atoms. The van der Waals surface area contributed by atoms with Crippen LogP contribution in [-0.2, 0) is 26.2 Å². The van der Waals surface area contributed by atoms with Crippen LogP contribution in [-0.4, -0.2) is 49.9 Å². The van der Waals surface area contributed by atoms with Crippen molar-refractivity contribution in [2.75, 3.05) is 13.2 Å². The average molecular weight is 642 g/mol. The van der Waals surface area contributed by atoms with Crippen molar-refractivity contribution in [3.05, 3.63) is 94.5 Å². The van der Waals surface area contributed by atoms with Crippen LogP contribution in [0.4, 0.5) is 0 Å². The minimum Gasteiger partial charge on any atom is -0.484 e. The third kappa shape index (κ3) is 9.51. The smallest absolute Gasteiger partial charge is 0.258 e. The lowest BCUT2D eigenvalue weighted by molar-refractivity contribution is -0.124. The molecule has 0 bridgehead atoms. The zero-order valence-corrected chi connectivity index (χ0v) is 24.9. The summed E-state index contributed by atoms with van der Waals surface area (Å²) in [7, 11) is -3.96. The third-order valence-electron chi connectivity index (χ3n) is 6.60. The standard InChI is InChI=1S/C30H33BrN4O5S/c31-25-13-17-28(18-14-25)41(38,39)35(20-24-7-3-1-4-8-24)21-29(36)34-32-19-23-11-15-27(16-12-23)40-22-30(37)33-26-9-5-2-6-10-26/h1,3-4,7-8,11-19,26H,2,5-6,9-10,20-22H2,(H,33,37)(H,34,36)/b32-19+. The van der Waals surface area contributed by atoms with E-state index < -0.39 is 22.5 Å². The number of carbonyl (C=O) groups excluding carboxylic acids is 2. The molecule has 41 heavy (non-hydrogen) atoms. The molecule has 9 nitrogen and oxygen atoms in total. The van der Waals surface area contributed by atoms with Crippen LogP contribution in [0.5, 0.6) is 5.75 Å². The Labute approximate surface area is 249 Å². The summed E-state index contributed by atoms with van der Waals surface area (Å²) in [4.78, 5) is 25.0. The highest BCUT2D eigenvalue weighted by Crippen LogP contribution is 2.21. The van der Waals surface area contributed by atoms with E-state index in [1.165, 1.54) is 24.8 Å². The molecule has 2 amide bonds. The van der Waals surface area contributed by atoms with Gasteiger partial charge in [-0.05, 0) is 72.5 Å². The number of carbonyl (C=O) groups is 2. The van der Waals surface area contributed by atoms with Crippen molar-refractivity contribution < 1.29 is 22.7 Å². The van der Waals surface area contributed by atoms with E-state index >= 15 is 0 Å². The van der Waals surface area contributed by atoms with Crippen LogP contribution < -0.4 is 15.5 Å². The summed E-state index contributed by atoms with van der Waals surface area (Å²) in [5.74, 6) is -0.171. The predicted molar refractivity (Wildman–Crippen MR) is 161 cm³/mol.